The summed E-state index contributed by atoms with van der Waals surface area (Å²) in [4.78, 5) is 15.1. The van der Waals surface area contributed by atoms with E-state index < -0.39 is 0 Å². The minimum absolute atomic E-state index is 0.130. The fourth-order valence-electron chi connectivity index (χ4n) is 4.18. The molecule has 2 aromatic carbocycles. The molecule has 0 spiro atoms. The Hall–Kier alpha value is -3.47. The molecule has 0 saturated carbocycles. The van der Waals surface area contributed by atoms with E-state index in [1.807, 2.05) is 12.1 Å². The van der Waals surface area contributed by atoms with Crippen molar-refractivity contribution in [3.05, 3.63) is 78.4 Å². The Bertz CT molecular complexity index is 1330. The molecular weight excluding hydrogens is 394 g/mol. The third-order valence-corrected chi connectivity index (χ3v) is 5.64. The van der Waals surface area contributed by atoms with Crippen LogP contribution in [0.15, 0.2) is 66.7 Å². The zero-order chi connectivity index (χ0) is 22.7. The molecule has 0 saturated heterocycles. The number of hydrogen-bond acceptors (Lipinski definition) is 3. The van der Waals surface area contributed by atoms with Gasteiger partial charge in [0, 0.05) is 10.8 Å². The van der Waals surface area contributed by atoms with E-state index in [9.17, 15) is 0 Å². The van der Waals surface area contributed by atoms with Crippen molar-refractivity contribution in [1.82, 2.24) is 24.1 Å². The monoisotopic (exact) mass is 423 g/mol. The van der Waals surface area contributed by atoms with E-state index in [4.69, 9.17) is 15.0 Å². The lowest BCUT2D eigenvalue weighted by Crippen LogP contribution is -2.20. The van der Waals surface area contributed by atoms with Crippen LogP contribution in [0.1, 0.15) is 53.2 Å². The largest absolute Gasteiger partial charge is 0.280 e. The van der Waals surface area contributed by atoms with Gasteiger partial charge in [-0.2, -0.15) is 0 Å². The predicted molar refractivity (Wildman–Crippen MR) is 131 cm³/mol. The summed E-state index contributed by atoms with van der Waals surface area (Å²) in [6.45, 7) is 13.1. The SMILES string of the molecule is CC(C)(C)c1nc2ccccc2n1-c1cccc(-n2c(C(C)(C)C)nc3ccccc32)n1. The lowest BCUT2D eigenvalue weighted by Gasteiger charge is -2.22. The van der Waals surface area contributed by atoms with Crippen molar-refractivity contribution in [2.75, 3.05) is 0 Å². The molecule has 0 N–H and O–H groups in total. The molecule has 5 nitrogen and oxygen atoms in total. The van der Waals surface area contributed by atoms with Crippen molar-refractivity contribution in [3.63, 3.8) is 0 Å². The van der Waals surface area contributed by atoms with Crippen LogP contribution in [0.3, 0.4) is 0 Å². The molecule has 3 heterocycles. The van der Waals surface area contributed by atoms with Gasteiger partial charge in [-0.3, -0.25) is 9.13 Å². The summed E-state index contributed by atoms with van der Waals surface area (Å²) in [6, 6.07) is 22.7. The number of benzene rings is 2. The molecular formula is C27H29N5. The average Bonchev–Trinajstić information content (AvgIpc) is 3.33. The highest BCUT2D eigenvalue weighted by atomic mass is 15.2. The highest BCUT2D eigenvalue weighted by Gasteiger charge is 2.26. The zero-order valence-corrected chi connectivity index (χ0v) is 19.6. The second kappa shape index (κ2) is 7.02. The lowest BCUT2D eigenvalue weighted by atomic mass is 9.95. The number of imidazole rings is 2. The highest BCUT2D eigenvalue weighted by molar-refractivity contribution is 5.79. The van der Waals surface area contributed by atoms with Crippen molar-refractivity contribution in [2.45, 2.75) is 52.4 Å². The van der Waals surface area contributed by atoms with Crippen molar-refractivity contribution in [1.29, 1.82) is 0 Å². The van der Waals surface area contributed by atoms with Crippen molar-refractivity contribution < 1.29 is 0 Å². The third-order valence-electron chi connectivity index (χ3n) is 5.64. The molecule has 0 atom stereocenters. The Kier molecular flexibility index (Phi) is 4.48. The number of nitrogens with zero attached hydrogens (tertiary/aromatic N) is 5. The maximum Gasteiger partial charge on any atom is 0.141 e. The van der Waals surface area contributed by atoms with Crippen LogP contribution < -0.4 is 0 Å². The van der Waals surface area contributed by atoms with E-state index >= 15 is 0 Å². The molecule has 0 fully saturated rings. The van der Waals surface area contributed by atoms with Gasteiger partial charge < -0.3 is 0 Å². The van der Waals surface area contributed by atoms with Crippen LogP contribution in [0, 0.1) is 0 Å². The standard InChI is InChI=1S/C27H29N5/c1-26(2,3)24-28-18-12-7-9-14-20(18)31(24)22-16-11-17-23(30-22)32-21-15-10-8-13-19(21)29-25(32)27(4,5)6/h7-17H,1-6H3. The van der Waals surface area contributed by atoms with Gasteiger partial charge in [-0.25, -0.2) is 15.0 Å². The van der Waals surface area contributed by atoms with Crippen molar-refractivity contribution in [2.24, 2.45) is 0 Å². The zero-order valence-electron chi connectivity index (χ0n) is 19.6. The molecule has 3 aromatic heterocycles. The van der Waals surface area contributed by atoms with Crippen LogP contribution in [0.4, 0.5) is 0 Å². The summed E-state index contributed by atoms with van der Waals surface area (Å²) < 4.78 is 4.38. The van der Waals surface area contributed by atoms with Crippen LogP contribution in [0.2, 0.25) is 0 Å². The summed E-state index contributed by atoms with van der Waals surface area (Å²) in [7, 11) is 0. The van der Waals surface area contributed by atoms with Gasteiger partial charge >= 0.3 is 0 Å². The second-order valence-electron chi connectivity index (χ2n) is 10.4. The molecule has 0 amide bonds. The summed E-state index contributed by atoms with van der Waals surface area (Å²) in [5, 5.41) is 0. The van der Waals surface area contributed by atoms with Gasteiger partial charge in [-0.05, 0) is 36.4 Å². The molecule has 5 aromatic rings. The van der Waals surface area contributed by atoms with Gasteiger partial charge in [0.15, 0.2) is 0 Å². The number of rotatable bonds is 2. The minimum atomic E-state index is -0.130. The molecule has 0 bridgehead atoms. The fourth-order valence-corrected chi connectivity index (χ4v) is 4.18. The van der Waals surface area contributed by atoms with Crippen molar-refractivity contribution >= 4 is 22.1 Å². The third kappa shape index (κ3) is 3.29. The Balaban J connectivity index is 1.79. The molecule has 0 aliphatic carbocycles. The van der Waals surface area contributed by atoms with Crippen LogP contribution in [0.25, 0.3) is 33.7 Å². The molecule has 0 radical (unpaired) electrons. The quantitative estimate of drug-likeness (QED) is 0.332. The van der Waals surface area contributed by atoms with Gasteiger partial charge in [0.05, 0.1) is 22.1 Å². The second-order valence-corrected chi connectivity index (χ2v) is 10.4. The fraction of sp³-hybridized carbons (Fsp3) is 0.296. The molecule has 5 rings (SSSR count). The number of para-hydroxylation sites is 4. The lowest BCUT2D eigenvalue weighted by molar-refractivity contribution is 0.534. The van der Waals surface area contributed by atoms with Gasteiger partial charge in [0.1, 0.15) is 23.3 Å². The molecule has 0 aliphatic heterocycles. The first kappa shape index (κ1) is 20.4. The predicted octanol–water partition coefficient (Wildman–Crippen LogP) is 6.35. The van der Waals surface area contributed by atoms with Gasteiger partial charge in [-0.15, -0.1) is 0 Å². The molecule has 32 heavy (non-hydrogen) atoms. The number of aromatic nitrogens is 5. The average molecular weight is 424 g/mol. The highest BCUT2D eigenvalue weighted by Crippen LogP contribution is 2.31. The number of hydrogen-bond donors (Lipinski definition) is 0. The summed E-state index contributed by atoms with van der Waals surface area (Å²) in [5.74, 6) is 3.71. The molecule has 0 aliphatic rings. The Morgan fingerprint density at radius 1 is 0.500 bits per heavy atom. The summed E-state index contributed by atoms with van der Waals surface area (Å²) in [6.07, 6.45) is 0. The first-order chi connectivity index (χ1) is 15.1. The van der Waals surface area contributed by atoms with Gasteiger partial charge in [-0.1, -0.05) is 71.9 Å². The normalized spacial score (nSPS) is 12.7. The minimum Gasteiger partial charge on any atom is -0.280 e. The number of pyridine rings is 1. The maximum absolute atomic E-state index is 5.15. The summed E-state index contributed by atoms with van der Waals surface area (Å²) in [5.41, 5.74) is 3.83. The van der Waals surface area contributed by atoms with Crippen LogP contribution in [-0.4, -0.2) is 24.1 Å². The van der Waals surface area contributed by atoms with E-state index in [1.165, 1.54) is 0 Å². The molecule has 0 unspecified atom stereocenters. The Morgan fingerprint density at radius 2 is 0.906 bits per heavy atom. The summed E-state index contributed by atoms with van der Waals surface area (Å²) >= 11 is 0. The van der Waals surface area contributed by atoms with Crippen LogP contribution >= 0.6 is 0 Å². The molecule has 162 valence electrons. The topological polar surface area (TPSA) is 48.5 Å². The first-order valence-electron chi connectivity index (χ1n) is 11.1. The first-order valence-corrected chi connectivity index (χ1v) is 11.1. The smallest absolute Gasteiger partial charge is 0.141 e. The van der Waals surface area contributed by atoms with Crippen molar-refractivity contribution in [3.8, 4) is 11.6 Å². The van der Waals surface area contributed by atoms with E-state index in [2.05, 4.69) is 105 Å². The van der Waals surface area contributed by atoms with Gasteiger partial charge in [0.2, 0.25) is 0 Å². The van der Waals surface area contributed by atoms with E-state index in [0.29, 0.717) is 0 Å². The Morgan fingerprint density at radius 3 is 1.31 bits per heavy atom. The Labute approximate surface area is 188 Å². The van der Waals surface area contributed by atoms with Gasteiger partial charge in [0.25, 0.3) is 0 Å². The maximum atomic E-state index is 5.15. The number of fused-ring (bicyclic) bond motifs is 2. The van der Waals surface area contributed by atoms with E-state index in [-0.39, 0.29) is 10.8 Å². The van der Waals surface area contributed by atoms with E-state index in [1.54, 1.807) is 0 Å². The van der Waals surface area contributed by atoms with Crippen LogP contribution in [0.5, 0.6) is 0 Å². The van der Waals surface area contributed by atoms with E-state index in [0.717, 1.165) is 45.4 Å². The van der Waals surface area contributed by atoms with Crippen LogP contribution in [-0.2, 0) is 10.8 Å². The molecule has 5 heteroatoms.